The summed E-state index contributed by atoms with van der Waals surface area (Å²) >= 11 is 0. The van der Waals surface area contributed by atoms with Crippen LogP contribution in [0, 0.1) is 0 Å². The minimum absolute atomic E-state index is 0.0439. The van der Waals surface area contributed by atoms with Crippen molar-refractivity contribution in [3.63, 3.8) is 0 Å². The Kier molecular flexibility index (Phi) is 5.95. The summed E-state index contributed by atoms with van der Waals surface area (Å²) < 4.78 is 14.8. The van der Waals surface area contributed by atoms with E-state index >= 15 is 0 Å². The Morgan fingerprint density at radius 3 is 2.50 bits per heavy atom. The molecule has 82 valence electrons. The van der Waals surface area contributed by atoms with Crippen LogP contribution in [0.3, 0.4) is 0 Å². The summed E-state index contributed by atoms with van der Waals surface area (Å²) in [5, 5.41) is 0. The van der Waals surface area contributed by atoms with Crippen LogP contribution >= 0.6 is 0 Å². The molecular weight excluding hydrogens is 184 g/mol. The molecule has 0 spiro atoms. The third-order valence-corrected chi connectivity index (χ3v) is 1.10. The zero-order chi connectivity index (χ0) is 11.0. The lowest BCUT2D eigenvalue weighted by Crippen LogP contribution is -2.26. The first-order chi connectivity index (χ1) is 6.45. The lowest BCUT2D eigenvalue weighted by Gasteiger charge is -2.19. The van der Waals surface area contributed by atoms with Crippen molar-refractivity contribution in [2.75, 3.05) is 19.8 Å². The Balaban J connectivity index is 3.41. The monoisotopic (exact) mass is 202 g/mol. The van der Waals surface area contributed by atoms with Gasteiger partial charge in [-0.15, -0.1) is 0 Å². The van der Waals surface area contributed by atoms with Gasteiger partial charge in [-0.25, -0.2) is 4.79 Å². The molecule has 0 aromatic carbocycles. The van der Waals surface area contributed by atoms with Gasteiger partial charge in [0.25, 0.3) is 0 Å². The molecule has 4 heteroatoms. The molecule has 0 N–H and O–H groups in total. The fourth-order valence-corrected chi connectivity index (χ4v) is 0.717. The minimum Gasteiger partial charge on any atom is -0.499 e. The van der Waals surface area contributed by atoms with Gasteiger partial charge in [-0.2, -0.15) is 0 Å². The Labute approximate surface area is 84.8 Å². The Hall–Kier alpha value is -1.03. The van der Waals surface area contributed by atoms with Crippen molar-refractivity contribution in [1.29, 1.82) is 0 Å². The molecule has 0 bridgehead atoms. The van der Waals surface area contributed by atoms with Gasteiger partial charge >= 0.3 is 5.97 Å². The Morgan fingerprint density at radius 2 is 2.00 bits per heavy atom. The maximum Gasteiger partial charge on any atom is 0.332 e. The molecular formula is C10H18O4. The fourth-order valence-electron chi connectivity index (χ4n) is 0.717. The average Bonchev–Trinajstić information content (AvgIpc) is 2.00. The van der Waals surface area contributed by atoms with E-state index in [2.05, 4.69) is 6.58 Å². The first kappa shape index (κ1) is 13.0. The summed E-state index contributed by atoms with van der Waals surface area (Å²) in [5.41, 5.74) is -0.460. The van der Waals surface area contributed by atoms with E-state index in [0.717, 1.165) is 0 Å². The van der Waals surface area contributed by atoms with Crippen LogP contribution in [0.25, 0.3) is 0 Å². The molecule has 0 saturated carbocycles. The van der Waals surface area contributed by atoms with Crippen LogP contribution in [-0.4, -0.2) is 31.4 Å². The van der Waals surface area contributed by atoms with E-state index in [1.54, 1.807) is 0 Å². The van der Waals surface area contributed by atoms with Gasteiger partial charge in [-0.05, 0) is 20.8 Å². The molecule has 0 aliphatic carbocycles. The number of ether oxygens (including phenoxy) is 3. The van der Waals surface area contributed by atoms with Gasteiger partial charge in [-0.1, -0.05) is 6.58 Å². The molecule has 0 aromatic rings. The third-order valence-electron chi connectivity index (χ3n) is 1.10. The van der Waals surface area contributed by atoms with Crippen molar-refractivity contribution in [1.82, 2.24) is 0 Å². The Morgan fingerprint density at radius 1 is 1.36 bits per heavy atom. The quantitative estimate of drug-likeness (QED) is 0.372. The number of esters is 1. The SMILES string of the molecule is C=COCCOCC(=O)OC(C)(C)C. The smallest absolute Gasteiger partial charge is 0.332 e. The molecule has 14 heavy (non-hydrogen) atoms. The van der Waals surface area contributed by atoms with Gasteiger partial charge in [0.1, 0.15) is 18.8 Å². The predicted molar refractivity (Wildman–Crippen MR) is 52.8 cm³/mol. The predicted octanol–water partition coefficient (Wildman–Crippen LogP) is 1.50. The van der Waals surface area contributed by atoms with E-state index in [0.29, 0.717) is 13.2 Å². The second-order valence-electron chi connectivity index (χ2n) is 3.68. The van der Waals surface area contributed by atoms with Gasteiger partial charge in [-0.3, -0.25) is 0 Å². The molecule has 0 amide bonds. The van der Waals surface area contributed by atoms with Crippen LogP contribution in [0.5, 0.6) is 0 Å². The van der Waals surface area contributed by atoms with Crippen molar-refractivity contribution in [3.8, 4) is 0 Å². The molecule has 0 saturated heterocycles. The zero-order valence-corrected chi connectivity index (χ0v) is 9.04. The molecule has 0 heterocycles. The highest BCUT2D eigenvalue weighted by atomic mass is 16.6. The van der Waals surface area contributed by atoms with Gasteiger partial charge in [0.05, 0.1) is 12.9 Å². The summed E-state index contributed by atoms with van der Waals surface area (Å²) in [6.07, 6.45) is 1.33. The van der Waals surface area contributed by atoms with E-state index in [1.165, 1.54) is 6.26 Å². The van der Waals surface area contributed by atoms with Crippen LogP contribution in [0.1, 0.15) is 20.8 Å². The topological polar surface area (TPSA) is 44.8 Å². The van der Waals surface area contributed by atoms with Crippen molar-refractivity contribution in [3.05, 3.63) is 12.8 Å². The van der Waals surface area contributed by atoms with Gasteiger partial charge in [0.2, 0.25) is 0 Å². The Bertz CT molecular complexity index is 181. The van der Waals surface area contributed by atoms with Crippen molar-refractivity contribution in [2.24, 2.45) is 0 Å². The maximum atomic E-state index is 11.1. The first-order valence-electron chi connectivity index (χ1n) is 4.48. The summed E-state index contributed by atoms with van der Waals surface area (Å²) in [4.78, 5) is 11.1. The van der Waals surface area contributed by atoms with Gasteiger partial charge in [0, 0.05) is 0 Å². The summed E-state index contributed by atoms with van der Waals surface area (Å²) in [6, 6.07) is 0. The standard InChI is InChI=1S/C10H18O4/c1-5-12-6-7-13-8-9(11)14-10(2,3)4/h5H,1,6-8H2,2-4H3. The number of hydrogen-bond donors (Lipinski definition) is 0. The van der Waals surface area contributed by atoms with E-state index in [-0.39, 0.29) is 12.6 Å². The lowest BCUT2D eigenvalue weighted by molar-refractivity contribution is -0.160. The highest BCUT2D eigenvalue weighted by Crippen LogP contribution is 2.06. The summed E-state index contributed by atoms with van der Waals surface area (Å²) in [6.45, 7) is 9.51. The third kappa shape index (κ3) is 9.06. The minimum atomic E-state index is -0.460. The van der Waals surface area contributed by atoms with Crippen molar-refractivity contribution >= 4 is 5.97 Å². The fraction of sp³-hybridized carbons (Fsp3) is 0.700. The van der Waals surface area contributed by atoms with Crippen LogP contribution in [0.4, 0.5) is 0 Å². The molecule has 4 nitrogen and oxygen atoms in total. The molecule has 0 aromatic heterocycles. The number of rotatable bonds is 6. The second-order valence-corrected chi connectivity index (χ2v) is 3.68. The first-order valence-corrected chi connectivity index (χ1v) is 4.48. The van der Waals surface area contributed by atoms with Crippen LogP contribution in [0.2, 0.25) is 0 Å². The lowest BCUT2D eigenvalue weighted by atomic mass is 10.2. The molecule has 0 aliphatic heterocycles. The molecule has 0 atom stereocenters. The van der Waals surface area contributed by atoms with Gasteiger partial charge < -0.3 is 14.2 Å². The van der Waals surface area contributed by atoms with Crippen LogP contribution in [-0.2, 0) is 19.0 Å². The number of carbonyl (C=O) groups excluding carboxylic acids is 1. The molecule has 0 unspecified atom stereocenters. The van der Waals surface area contributed by atoms with Crippen LogP contribution < -0.4 is 0 Å². The maximum absolute atomic E-state index is 11.1. The van der Waals surface area contributed by atoms with Crippen molar-refractivity contribution in [2.45, 2.75) is 26.4 Å². The van der Waals surface area contributed by atoms with E-state index in [9.17, 15) is 4.79 Å². The van der Waals surface area contributed by atoms with E-state index in [1.807, 2.05) is 20.8 Å². The highest BCUT2D eigenvalue weighted by Gasteiger charge is 2.15. The van der Waals surface area contributed by atoms with E-state index in [4.69, 9.17) is 14.2 Å². The summed E-state index contributed by atoms with van der Waals surface area (Å²) in [5.74, 6) is -0.365. The molecule has 0 aliphatic rings. The van der Waals surface area contributed by atoms with Gasteiger partial charge in [0.15, 0.2) is 0 Å². The number of carbonyl (C=O) groups is 1. The molecule has 0 fully saturated rings. The van der Waals surface area contributed by atoms with Crippen LogP contribution in [0.15, 0.2) is 12.8 Å². The number of hydrogen-bond acceptors (Lipinski definition) is 4. The van der Waals surface area contributed by atoms with Crippen molar-refractivity contribution < 1.29 is 19.0 Å². The normalized spacial score (nSPS) is 10.8. The highest BCUT2D eigenvalue weighted by molar-refractivity contribution is 5.71. The summed E-state index contributed by atoms with van der Waals surface area (Å²) in [7, 11) is 0. The molecule has 0 radical (unpaired) electrons. The molecule has 0 rings (SSSR count). The largest absolute Gasteiger partial charge is 0.499 e. The zero-order valence-electron chi connectivity index (χ0n) is 9.04. The van der Waals surface area contributed by atoms with E-state index < -0.39 is 5.60 Å². The average molecular weight is 202 g/mol. The second kappa shape index (κ2) is 6.43.